The molecule has 0 aromatic carbocycles. The number of aliphatic hydroxyl groups is 1. The summed E-state index contributed by atoms with van der Waals surface area (Å²) in [6.07, 6.45) is 54.8. The Hall–Kier alpha value is -2.36. The molecular formula is C66H139NaO4. The van der Waals surface area contributed by atoms with Crippen LogP contribution in [-0.2, 0) is 9.59 Å². The fourth-order valence-electron chi connectivity index (χ4n) is 1.85. The summed E-state index contributed by atoms with van der Waals surface area (Å²) in [6.45, 7) is 58.0. The molecule has 0 aliphatic heterocycles. The molecule has 0 heterocycles. The van der Waals surface area contributed by atoms with Gasteiger partial charge in [-0.1, -0.05) is 268 Å². The summed E-state index contributed by atoms with van der Waals surface area (Å²) in [4.78, 5) is 18.0. The van der Waals surface area contributed by atoms with Crippen LogP contribution in [0.2, 0.25) is 0 Å². The zero-order chi connectivity index (χ0) is 58.5. The van der Waals surface area contributed by atoms with Gasteiger partial charge in [-0.3, -0.25) is 0 Å². The van der Waals surface area contributed by atoms with E-state index in [2.05, 4.69) is 163 Å². The molecule has 0 saturated heterocycles. The first-order chi connectivity index (χ1) is 32.9. The van der Waals surface area contributed by atoms with Crippen molar-refractivity contribution in [3.05, 3.63) is 60.8 Å². The minimum Gasteiger partial charge on any atom is -0.870 e. The molecule has 0 amide bonds. The van der Waals surface area contributed by atoms with Crippen LogP contribution in [0.3, 0.4) is 0 Å². The van der Waals surface area contributed by atoms with Gasteiger partial charge in [0, 0.05) is 6.42 Å². The molecule has 0 fully saturated rings. The summed E-state index contributed by atoms with van der Waals surface area (Å²) in [5.74, 6) is 9.77. The molecular weight excluding hydrogens is 880 g/mol. The van der Waals surface area contributed by atoms with Crippen molar-refractivity contribution < 1.29 is 49.7 Å². The van der Waals surface area contributed by atoms with E-state index in [-0.39, 0.29) is 35.0 Å². The third-order valence-electron chi connectivity index (χ3n) is 6.12. The predicted molar refractivity (Wildman–Crippen MR) is 338 cm³/mol. The van der Waals surface area contributed by atoms with Crippen molar-refractivity contribution in [2.24, 2.45) is 0 Å². The van der Waals surface area contributed by atoms with Crippen LogP contribution in [0.15, 0.2) is 60.8 Å². The molecule has 2 N–H and O–H groups in total. The quantitative estimate of drug-likeness (QED) is 0.0618. The number of hydrogen-bond acceptors (Lipinski definition) is 4. The maximum Gasteiger partial charge on any atom is 1.00 e. The average Bonchev–Trinajstić information content (AvgIpc) is 3.39. The molecule has 0 rings (SSSR count). The van der Waals surface area contributed by atoms with Crippen molar-refractivity contribution in [1.82, 2.24) is 0 Å². The van der Waals surface area contributed by atoms with Gasteiger partial charge in [-0.15, -0.1) is 30.6 Å². The summed E-state index contributed by atoms with van der Waals surface area (Å²) < 4.78 is 0. The third-order valence-corrected chi connectivity index (χ3v) is 6.12. The summed E-state index contributed by atoms with van der Waals surface area (Å²) in [5.41, 5.74) is -0.931. The van der Waals surface area contributed by atoms with Crippen LogP contribution in [0.1, 0.15) is 316 Å². The van der Waals surface area contributed by atoms with Gasteiger partial charge in [-0.05, 0) is 109 Å². The van der Waals surface area contributed by atoms with Crippen molar-refractivity contribution in [2.75, 3.05) is 0 Å². The van der Waals surface area contributed by atoms with Gasteiger partial charge in [0.25, 0.3) is 0 Å². The third kappa shape index (κ3) is 684. The fraction of sp³-hybridized carbons (Fsp3) is 0.727. The Morgan fingerprint density at radius 1 is 0.423 bits per heavy atom. The van der Waals surface area contributed by atoms with E-state index >= 15 is 0 Å². The first-order valence-electron chi connectivity index (χ1n) is 27.7. The second-order valence-corrected chi connectivity index (χ2v) is 13.7. The molecule has 4 nitrogen and oxygen atoms in total. The molecule has 0 radical (unpaired) electrons. The molecule has 0 spiro atoms. The number of rotatable bonds is 14. The number of allylic oxidation sites excluding steroid dienone is 10. The molecule has 0 unspecified atom stereocenters. The number of carbonyl (C=O) groups excluding carboxylic acids is 2. The van der Waals surface area contributed by atoms with Crippen molar-refractivity contribution in [1.29, 1.82) is 0 Å². The minimum atomic E-state index is -0.931. The smallest absolute Gasteiger partial charge is 0.870 e. The Kier molecular flexibility index (Phi) is 366. The van der Waals surface area contributed by atoms with Crippen molar-refractivity contribution >= 4 is 12.6 Å². The van der Waals surface area contributed by atoms with E-state index in [9.17, 15) is 4.79 Å². The summed E-state index contributed by atoms with van der Waals surface area (Å²) in [5, 5.41) is 8.59. The molecule has 0 bridgehead atoms. The number of unbranched alkanes of at least 4 members (excludes halogenated alkanes) is 9. The van der Waals surface area contributed by atoms with E-state index < -0.39 is 5.60 Å². The second kappa shape index (κ2) is 212. The van der Waals surface area contributed by atoms with E-state index in [1.807, 2.05) is 100 Å². The number of hydrogen-bond donors (Lipinski definition) is 1. The number of terminal acetylenes is 2. The summed E-state index contributed by atoms with van der Waals surface area (Å²) >= 11 is 0. The normalized spacial score (nSPS) is 7.77. The monoisotopic (exact) mass is 1020 g/mol. The molecule has 5 heteroatoms. The second-order valence-electron chi connectivity index (χ2n) is 13.7. The van der Waals surface area contributed by atoms with Crippen LogP contribution in [-0.4, -0.2) is 28.8 Å². The molecule has 428 valence electrons. The molecule has 0 aromatic rings. The minimum absolute atomic E-state index is 0. The first-order valence-corrected chi connectivity index (χ1v) is 27.7. The molecule has 0 saturated carbocycles. The average molecular weight is 1020 g/mol. The van der Waals surface area contributed by atoms with Crippen LogP contribution in [0.4, 0.5) is 0 Å². The van der Waals surface area contributed by atoms with Gasteiger partial charge in [-0.2, -0.15) is 0 Å². The molecule has 0 aliphatic carbocycles. The maximum atomic E-state index is 9.17. The predicted octanol–water partition coefficient (Wildman–Crippen LogP) is 20.4. The Labute approximate surface area is 478 Å². The molecule has 71 heavy (non-hydrogen) atoms. The largest absolute Gasteiger partial charge is 1.00 e. The van der Waals surface area contributed by atoms with Gasteiger partial charge in [0.15, 0.2) is 0 Å². The number of carbonyl (C=O) groups is 2. The van der Waals surface area contributed by atoms with Gasteiger partial charge in [0.05, 0.1) is 0 Å². The van der Waals surface area contributed by atoms with E-state index in [4.69, 9.17) is 16.3 Å². The van der Waals surface area contributed by atoms with Crippen molar-refractivity contribution in [3.8, 4) is 36.5 Å². The summed E-state index contributed by atoms with van der Waals surface area (Å²) in [7, 11) is 0. The Bertz CT molecular complexity index is 855. The zero-order valence-electron chi connectivity index (χ0n) is 55.0. The molecule has 0 aliphatic rings. The topological polar surface area (TPSA) is 84.4 Å². The Morgan fingerprint density at radius 2 is 0.620 bits per heavy atom. The van der Waals surface area contributed by atoms with Gasteiger partial charge in [0.1, 0.15) is 18.2 Å². The maximum absolute atomic E-state index is 9.17. The van der Waals surface area contributed by atoms with Gasteiger partial charge >= 0.3 is 29.6 Å². The van der Waals surface area contributed by atoms with Gasteiger partial charge in [-0.25, -0.2) is 0 Å². The zero-order valence-corrected chi connectivity index (χ0v) is 57.0. The molecule has 0 aromatic heterocycles. The van der Waals surface area contributed by atoms with Crippen LogP contribution in [0.5, 0.6) is 0 Å². The summed E-state index contributed by atoms with van der Waals surface area (Å²) in [6, 6.07) is 0. The van der Waals surface area contributed by atoms with Gasteiger partial charge in [0.2, 0.25) is 0 Å². The van der Waals surface area contributed by atoms with Crippen LogP contribution < -0.4 is 29.6 Å². The van der Waals surface area contributed by atoms with Crippen molar-refractivity contribution in [2.45, 2.75) is 322 Å². The first kappa shape index (κ1) is 122. The van der Waals surface area contributed by atoms with E-state index in [0.717, 1.165) is 12.6 Å². The Balaban J connectivity index is -0.0000000266. The van der Waals surface area contributed by atoms with Crippen molar-refractivity contribution in [3.63, 3.8) is 0 Å². The SMILES string of the molecule is C#CC.C#CC(C)(C)O.C/C=C/C.C/C=C/C.C/C=C/CCC.C/C=C/CCC.CC.CC.CC#CC.CC/C=C\CC.CC=O.CCC=O.CCCC.CCCC.CCCCC.CCCCCC.[Na+].[OH-]. The standard InChI is InChI=1S/C6H14.3C6H12.C5H8O.C5H12.2C4H10.2C4H8.C4H6.C3H6O.C3H4.C2H4O.2C2H6.Na.H2O/c4*1-3-5-6-4-2;1-4-5(2,3)6;1-3-5-4-2;5*1-3-4-2;1-2-3-4;1-3-2;1-2-3;2*1-2;;/h3-6H2,1-2H3;5-6H,3-4H2,1-2H3;2*3,5H,4,6H2,1-2H3;1,6H,2-3H3;3-5H2,1-2H3;2*3-4H2,1-2H3;2*3-4H,1-2H3;1-2H3;3H,2H2,1H3;1H,2H3;2H,1H3;2*1-2H3;;1H2/q;;;;;;;;;;;;;;;;+1;/p-1/b;6-5-;2*5-3+;;;;;2*4-3+;;;;;;;;. The molecule has 0 atom stereocenters. The van der Waals surface area contributed by atoms with Crippen LogP contribution in [0, 0.1) is 36.5 Å². The van der Waals surface area contributed by atoms with Crippen LogP contribution in [0.25, 0.3) is 0 Å². The van der Waals surface area contributed by atoms with E-state index in [1.165, 1.54) is 116 Å². The van der Waals surface area contributed by atoms with Crippen LogP contribution >= 0.6 is 0 Å². The Morgan fingerprint density at radius 3 is 0.662 bits per heavy atom. The van der Waals surface area contributed by atoms with E-state index in [1.54, 1.807) is 20.8 Å². The number of aldehydes is 2. The fourth-order valence-corrected chi connectivity index (χ4v) is 1.85. The van der Waals surface area contributed by atoms with E-state index in [0.29, 0.717) is 6.42 Å². The van der Waals surface area contributed by atoms with Gasteiger partial charge < -0.3 is 20.2 Å².